The number of anilines is 1. The first-order valence-electron chi connectivity index (χ1n) is 7.03. The molecule has 0 aliphatic carbocycles. The molecule has 0 fully saturated rings. The van der Waals surface area contributed by atoms with E-state index in [1.54, 1.807) is 0 Å². The lowest BCUT2D eigenvalue weighted by Gasteiger charge is -2.09. The number of hydrogen-bond donors (Lipinski definition) is 1. The molecule has 122 valence electrons. The molecule has 2 aromatic rings. The van der Waals surface area contributed by atoms with Crippen molar-refractivity contribution >= 4 is 17.3 Å². The smallest absolute Gasteiger partial charge is 0.350 e. The second-order valence-electron chi connectivity index (χ2n) is 5.16. The second-order valence-corrected chi connectivity index (χ2v) is 5.16. The van der Waals surface area contributed by atoms with E-state index in [2.05, 4.69) is 10.4 Å². The van der Waals surface area contributed by atoms with Crippen LogP contribution in [0.4, 0.5) is 11.4 Å². The van der Waals surface area contributed by atoms with Crippen LogP contribution in [-0.2, 0) is 11.3 Å². The predicted molar refractivity (Wildman–Crippen MR) is 84.6 cm³/mol. The maximum absolute atomic E-state index is 12.0. The van der Waals surface area contributed by atoms with Crippen molar-refractivity contribution in [2.45, 2.75) is 26.8 Å². The van der Waals surface area contributed by atoms with Crippen LogP contribution in [0.15, 0.2) is 24.4 Å². The molecule has 0 spiro atoms. The fourth-order valence-electron chi connectivity index (χ4n) is 2.08. The summed E-state index contributed by atoms with van der Waals surface area (Å²) in [6.07, 6.45) is 1.40. The molecule has 1 amide bonds. The second kappa shape index (κ2) is 6.91. The van der Waals surface area contributed by atoms with E-state index in [1.165, 1.54) is 18.0 Å². The van der Waals surface area contributed by atoms with Gasteiger partial charge in [-0.15, -0.1) is 5.10 Å². The number of ether oxygens (including phenoxy) is 1. The van der Waals surface area contributed by atoms with Crippen LogP contribution in [0.3, 0.4) is 0 Å². The molecular weight excluding hydrogens is 300 g/mol. The number of amides is 1. The van der Waals surface area contributed by atoms with Crippen molar-refractivity contribution in [2.75, 3.05) is 12.4 Å². The molecule has 1 aromatic heterocycles. The average molecular weight is 318 g/mol. The summed E-state index contributed by atoms with van der Waals surface area (Å²) in [5, 5.41) is 17.6. The Hall–Kier alpha value is -2.90. The maximum Gasteiger partial charge on any atom is 0.350 e. The van der Waals surface area contributed by atoms with E-state index in [-0.39, 0.29) is 30.4 Å². The lowest BCUT2D eigenvalue weighted by molar-refractivity contribution is -0.385. The van der Waals surface area contributed by atoms with Gasteiger partial charge in [-0.3, -0.25) is 19.6 Å². The van der Waals surface area contributed by atoms with E-state index in [0.717, 1.165) is 16.8 Å². The molecule has 2 rings (SSSR count). The van der Waals surface area contributed by atoms with Crippen LogP contribution in [0.25, 0.3) is 0 Å². The normalized spacial score (nSPS) is 10.4. The Morgan fingerprint density at radius 2 is 2.17 bits per heavy atom. The summed E-state index contributed by atoms with van der Waals surface area (Å²) in [4.78, 5) is 22.3. The number of methoxy groups -OCH3 is 1. The highest BCUT2D eigenvalue weighted by atomic mass is 16.6. The molecule has 1 heterocycles. The summed E-state index contributed by atoms with van der Waals surface area (Å²) in [5.41, 5.74) is 2.57. The van der Waals surface area contributed by atoms with Crippen molar-refractivity contribution in [3.63, 3.8) is 0 Å². The highest BCUT2D eigenvalue weighted by molar-refractivity contribution is 5.91. The number of benzene rings is 1. The molecule has 0 aliphatic rings. The van der Waals surface area contributed by atoms with Crippen LogP contribution in [0.5, 0.6) is 5.88 Å². The Kier molecular flexibility index (Phi) is 4.95. The molecule has 0 radical (unpaired) electrons. The zero-order valence-electron chi connectivity index (χ0n) is 13.2. The largest absolute Gasteiger partial charge is 0.475 e. The van der Waals surface area contributed by atoms with Crippen LogP contribution in [0.2, 0.25) is 0 Å². The third kappa shape index (κ3) is 4.06. The summed E-state index contributed by atoms with van der Waals surface area (Å²) in [6, 6.07) is 5.81. The third-order valence-corrected chi connectivity index (χ3v) is 3.33. The van der Waals surface area contributed by atoms with E-state index in [1.807, 2.05) is 32.0 Å². The van der Waals surface area contributed by atoms with Crippen LogP contribution in [0, 0.1) is 24.0 Å². The number of nitrogens with zero attached hydrogens (tertiary/aromatic N) is 3. The number of nitro groups is 1. The van der Waals surface area contributed by atoms with Crippen LogP contribution in [0.1, 0.15) is 17.5 Å². The first-order chi connectivity index (χ1) is 10.9. The van der Waals surface area contributed by atoms with Gasteiger partial charge in [0.1, 0.15) is 6.20 Å². The predicted octanol–water partition coefficient (Wildman–Crippen LogP) is 2.45. The van der Waals surface area contributed by atoms with Crippen LogP contribution >= 0.6 is 0 Å². The summed E-state index contributed by atoms with van der Waals surface area (Å²) in [7, 11) is 1.31. The highest BCUT2D eigenvalue weighted by Gasteiger charge is 2.20. The van der Waals surface area contributed by atoms with Crippen molar-refractivity contribution in [3.8, 4) is 5.88 Å². The van der Waals surface area contributed by atoms with Gasteiger partial charge in [0.05, 0.1) is 18.6 Å². The number of aromatic nitrogens is 2. The molecule has 8 heteroatoms. The first kappa shape index (κ1) is 16.5. The van der Waals surface area contributed by atoms with Crippen molar-refractivity contribution in [1.82, 2.24) is 9.78 Å². The number of nitrogens with one attached hydrogen (secondary N) is 1. The molecule has 1 N–H and O–H groups in total. The molecule has 23 heavy (non-hydrogen) atoms. The fraction of sp³-hybridized carbons (Fsp3) is 0.333. The van der Waals surface area contributed by atoms with Gasteiger partial charge in [0.2, 0.25) is 5.91 Å². The molecule has 0 bridgehead atoms. The minimum atomic E-state index is -0.571. The molecular formula is C15H18N4O4. The van der Waals surface area contributed by atoms with Gasteiger partial charge in [-0.05, 0) is 31.0 Å². The first-order valence-corrected chi connectivity index (χ1v) is 7.03. The monoisotopic (exact) mass is 318 g/mol. The minimum Gasteiger partial charge on any atom is -0.475 e. The third-order valence-electron chi connectivity index (χ3n) is 3.33. The Morgan fingerprint density at radius 3 is 2.78 bits per heavy atom. The van der Waals surface area contributed by atoms with E-state index in [0.29, 0.717) is 0 Å². The van der Waals surface area contributed by atoms with Crippen molar-refractivity contribution in [3.05, 3.63) is 45.6 Å². The standard InChI is InChI=1S/C15H18N4O4/c1-10-4-5-11(2)12(8-10)16-14(20)6-7-18-9-13(19(21)22)15(17-18)23-3/h4-5,8-9H,6-7H2,1-3H3,(H,16,20). The average Bonchev–Trinajstić information content (AvgIpc) is 2.92. The highest BCUT2D eigenvalue weighted by Crippen LogP contribution is 2.24. The number of aryl methyl sites for hydroxylation is 3. The molecule has 1 aromatic carbocycles. The van der Waals surface area contributed by atoms with Gasteiger partial charge in [-0.1, -0.05) is 12.1 Å². The molecule has 8 nitrogen and oxygen atoms in total. The lowest BCUT2D eigenvalue weighted by Crippen LogP contribution is -2.15. The van der Waals surface area contributed by atoms with Gasteiger partial charge in [0.25, 0.3) is 0 Å². The van der Waals surface area contributed by atoms with Gasteiger partial charge >= 0.3 is 11.6 Å². The Morgan fingerprint density at radius 1 is 1.43 bits per heavy atom. The fourth-order valence-corrected chi connectivity index (χ4v) is 2.08. The van der Waals surface area contributed by atoms with Gasteiger partial charge in [-0.25, -0.2) is 0 Å². The minimum absolute atomic E-state index is 0.0649. The summed E-state index contributed by atoms with van der Waals surface area (Å²) in [6.45, 7) is 4.09. The van der Waals surface area contributed by atoms with Gasteiger partial charge in [0.15, 0.2) is 0 Å². The molecule has 0 saturated heterocycles. The topological polar surface area (TPSA) is 99.3 Å². The summed E-state index contributed by atoms with van der Waals surface area (Å²) < 4.78 is 6.18. The quantitative estimate of drug-likeness (QED) is 0.651. The van der Waals surface area contributed by atoms with Crippen molar-refractivity contribution < 1.29 is 14.5 Å². The SMILES string of the molecule is COc1nn(CCC(=O)Nc2cc(C)ccc2C)cc1[N+](=O)[O-]. The number of carbonyl (C=O) groups excluding carboxylic acids is 1. The Labute approximate surface area is 133 Å². The zero-order chi connectivity index (χ0) is 17.0. The molecule has 0 aliphatic heterocycles. The number of rotatable bonds is 6. The molecule has 0 atom stereocenters. The van der Waals surface area contributed by atoms with E-state index >= 15 is 0 Å². The number of hydrogen-bond acceptors (Lipinski definition) is 5. The molecule has 0 saturated carbocycles. The summed E-state index contributed by atoms with van der Waals surface area (Å²) >= 11 is 0. The van der Waals surface area contributed by atoms with Crippen molar-refractivity contribution in [2.24, 2.45) is 0 Å². The van der Waals surface area contributed by atoms with E-state index in [4.69, 9.17) is 4.74 Å². The Bertz CT molecular complexity index is 739. The van der Waals surface area contributed by atoms with Crippen LogP contribution in [-0.4, -0.2) is 27.7 Å². The van der Waals surface area contributed by atoms with Gasteiger partial charge < -0.3 is 10.1 Å². The maximum atomic E-state index is 12.0. The molecule has 0 unspecified atom stereocenters. The number of carbonyl (C=O) groups is 1. The Balaban J connectivity index is 1.99. The van der Waals surface area contributed by atoms with Gasteiger partial charge in [-0.2, -0.15) is 0 Å². The van der Waals surface area contributed by atoms with Crippen LogP contribution < -0.4 is 10.1 Å². The lowest BCUT2D eigenvalue weighted by atomic mass is 10.1. The summed E-state index contributed by atoms with van der Waals surface area (Å²) in [5.74, 6) is -0.249. The van der Waals surface area contributed by atoms with E-state index < -0.39 is 4.92 Å². The zero-order valence-corrected chi connectivity index (χ0v) is 13.2. The van der Waals surface area contributed by atoms with E-state index in [9.17, 15) is 14.9 Å². The van der Waals surface area contributed by atoms with Crippen molar-refractivity contribution in [1.29, 1.82) is 0 Å². The van der Waals surface area contributed by atoms with Gasteiger partial charge in [0, 0.05) is 12.1 Å².